The average Bonchev–Trinajstić information content (AvgIpc) is 2.52. The van der Waals surface area contributed by atoms with Crippen molar-refractivity contribution < 1.29 is 28.5 Å². The summed E-state index contributed by atoms with van der Waals surface area (Å²) in [7, 11) is -2.76. The monoisotopic (exact) mass is 380 g/mol. The molecule has 1 rings (SSSR count). The van der Waals surface area contributed by atoms with Crippen LogP contribution in [0.25, 0.3) is 0 Å². The Morgan fingerprint density at radius 2 is 1.92 bits per heavy atom. The van der Waals surface area contributed by atoms with Crippen molar-refractivity contribution in [2.45, 2.75) is 25.4 Å². The molecule has 3 atom stereocenters. The Balaban J connectivity index is 0.00000529. The first-order valence-corrected chi connectivity index (χ1v) is 8.79. The van der Waals surface area contributed by atoms with Gasteiger partial charge in [0.15, 0.2) is 0 Å². The minimum Gasteiger partial charge on any atom is -0.468 e. The van der Waals surface area contributed by atoms with Crippen LogP contribution in [0.1, 0.15) is 12.5 Å². The van der Waals surface area contributed by atoms with E-state index in [1.807, 2.05) is 6.07 Å². The minimum absolute atomic E-state index is 0. The van der Waals surface area contributed by atoms with Gasteiger partial charge in [-0.3, -0.25) is 9.36 Å². The molecule has 0 saturated heterocycles. The van der Waals surface area contributed by atoms with E-state index in [9.17, 15) is 19.0 Å². The van der Waals surface area contributed by atoms with E-state index in [1.165, 1.54) is 6.92 Å². The van der Waals surface area contributed by atoms with E-state index in [1.54, 1.807) is 24.3 Å². The van der Waals surface area contributed by atoms with E-state index in [0.29, 0.717) is 0 Å². The van der Waals surface area contributed by atoms with Gasteiger partial charge in [-0.05, 0) is 12.5 Å². The van der Waals surface area contributed by atoms with E-state index in [0.717, 1.165) is 12.7 Å². The summed E-state index contributed by atoms with van der Waals surface area (Å²) >= 11 is 0. The lowest BCUT2D eigenvalue weighted by atomic mass is 10.2. The number of ether oxygens (including phenoxy) is 2. The van der Waals surface area contributed by atoms with Crippen molar-refractivity contribution in [3.8, 4) is 0 Å². The zero-order valence-electron chi connectivity index (χ0n) is 13.4. The second kappa shape index (κ2) is 10.3. The molecule has 0 spiro atoms. The summed E-state index contributed by atoms with van der Waals surface area (Å²) in [4.78, 5) is 32.8. The first-order chi connectivity index (χ1) is 10.8. The lowest BCUT2D eigenvalue weighted by Crippen LogP contribution is -2.39. The van der Waals surface area contributed by atoms with E-state index >= 15 is 0 Å². The van der Waals surface area contributed by atoms with Gasteiger partial charge in [0.05, 0.1) is 13.3 Å². The highest BCUT2D eigenvalue weighted by atomic mass is 35.5. The van der Waals surface area contributed by atoms with Gasteiger partial charge in [-0.25, -0.2) is 4.79 Å². The van der Waals surface area contributed by atoms with Gasteiger partial charge < -0.3 is 25.4 Å². The molecule has 1 amide bonds. The van der Waals surface area contributed by atoms with Crippen LogP contribution in [0, 0.1) is 0 Å². The Hall–Kier alpha value is -1.60. The van der Waals surface area contributed by atoms with Crippen LogP contribution in [0.3, 0.4) is 0 Å². The fourth-order valence-electron chi connectivity index (χ4n) is 1.70. The predicted molar refractivity (Wildman–Crippen MR) is 91.2 cm³/mol. The van der Waals surface area contributed by atoms with E-state index in [-0.39, 0.29) is 19.0 Å². The zero-order chi connectivity index (χ0) is 17.5. The average molecular weight is 381 g/mol. The van der Waals surface area contributed by atoms with Gasteiger partial charge in [-0.15, -0.1) is 12.4 Å². The number of hydrogen-bond donors (Lipinski definition) is 3. The molecule has 0 radical (unpaired) electrons. The first-order valence-electron chi connectivity index (χ1n) is 6.88. The summed E-state index contributed by atoms with van der Waals surface area (Å²) in [5.41, 5.74) is 6.25. The SMILES string of the molecule is COC(=O)C(N)CP(=O)(O)C(C)NC(=O)OCc1ccccc1.Cl. The van der Waals surface area contributed by atoms with Gasteiger partial charge in [0, 0.05) is 0 Å². The molecule has 8 nitrogen and oxygen atoms in total. The molecular weight excluding hydrogens is 359 g/mol. The van der Waals surface area contributed by atoms with Gasteiger partial charge in [0.1, 0.15) is 18.4 Å². The molecule has 24 heavy (non-hydrogen) atoms. The van der Waals surface area contributed by atoms with Gasteiger partial charge >= 0.3 is 12.1 Å². The minimum atomic E-state index is -3.89. The second-order valence-electron chi connectivity index (χ2n) is 4.95. The van der Waals surface area contributed by atoms with Crippen LogP contribution in [-0.2, 0) is 25.4 Å². The topological polar surface area (TPSA) is 128 Å². The Bertz CT molecular complexity index is 586. The molecule has 0 bridgehead atoms. The van der Waals surface area contributed by atoms with Gasteiger partial charge in [-0.1, -0.05) is 30.3 Å². The summed E-state index contributed by atoms with van der Waals surface area (Å²) < 4.78 is 21.5. The Morgan fingerprint density at radius 3 is 2.46 bits per heavy atom. The van der Waals surface area contributed by atoms with Crippen LogP contribution in [0.15, 0.2) is 30.3 Å². The summed E-state index contributed by atoms with van der Waals surface area (Å²) in [5.74, 6) is -1.90. The molecule has 3 unspecified atom stereocenters. The number of rotatable bonds is 7. The maximum absolute atomic E-state index is 12.2. The maximum atomic E-state index is 12.2. The largest absolute Gasteiger partial charge is 0.468 e. The number of benzene rings is 1. The molecule has 1 aromatic rings. The van der Waals surface area contributed by atoms with Crippen LogP contribution in [0.4, 0.5) is 4.79 Å². The highest BCUT2D eigenvalue weighted by Crippen LogP contribution is 2.45. The summed E-state index contributed by atoms with van der Waals surface area (Å²) in [6.45, 7) is 1.38. The normalized spacial score (nSPS) is 15.2. The highest BCUT2D eigenvalue weighted by Gasteiger charge is 2.33. The van der Waals surface area contributed by atoms with Crippen molar-refractivity contribution in [3.05, 3.63) is 35.9 Å². The van der Waals surface area contributed by atoms with Crippen molar-refractivity contribution >= 4 is 31.8 Å². The smallest absolute Gasteiger partial charge is 0.408 e. The molecule has 4 N–H and O–H groups in total. The van der Waals surface area contributed by atoms with Crippen LogP contribution < -0.4 is 11.1 Å². The molecule has 0 heterocycles. The van der Waals surface area contributed by atoms with Crippen molar-refractivity contribution in [2.24, 2.45) is 5.73 Å². The number of halogens is 1. The summed E-state index contributed by atoms with van der Waals surface area (Å²) in [5, 5.41) is 2.27. The number of carbonyl (C=O) groups excluding carboxylic acids is 2. The van der Waals surface area contributed by atoms with Crippen molar-refractivity contribution in [3.63, 3.8) is 0 Å². The Morgan fingerprint density at radius 1 is 1.33 bits per heavy atom. The van der Waals surface area contributed by atoms with Crippen molar-refractivity contribution in [2.75, 3.05) is 13.3 Å². The molecule has 136 valence electrons. The van der Waals surface area contributed by atoms with Crippen LogP contribution >= 0.6 is 19.8 Å². The van der Waals surface area contributed by atoms with Gasteiger partial charge in [0.25, 0.3) is 0 Å². The first kappa shape index (κ1) is 22.4. The van der Waals surface area contributed by atoms with E-state index in [4.69, 9.17) is 10.5 Å². The second-order valence-corrected chi connectivity index (χ2v) is 7.60. The molecule has 0 saturated carbocycles. The lowest BCUT2D eigenvalue weighted by Gasteiger charge is -2.22. The molecule has 0 aliphatic carbocycles. The fourth-order valence-corrected chi connectivity index (χ4v) is 3.04. The van der Waals surface area contributed by atoms with Gasteiger partial charge in [-0.2, -0.15) is 0 Å². The number of hydrogen-bond acceptors (Lipinski definition) is 6. The number of amides is 1. The number of nitrogens with one attached hydrogen (secondary N) is 1. The number of carbonyl (C=O) groups is 2. The van der Waals surface area contributed by atoms with Crippen LogP contribution in [-0.4, -0.2) is 42.1 Å². The number of esters is 1. The zero-order valence-corrected chi connectivity index (χ0v) is 15.1. The molecule has 0 fully saturated rings. The molecule has 1 aromatic carbocycles. The summed E-state index contributed by atoms with van der Waals surface area (Å²) in [6, 6.07) is 7.76. The molecular formula is C14H22ClN2O6P. The van der Waals surface area contributed by atoms with Crippen LogP contribution in [0.5, 0.6) is 0 Å². The van der Waals surface area contributed by atoms with E-state index in [2.05, 4.69) is 10.1 Å². The Kier molecular flexibility index (Phi) is 9.62. The predicted octanol–water partition coefficient (Wildman–Crippen LogP) is 1.45. The van der Waals surface area contributed by atoms with E-state index < -0.39 is 37.4 Å². The number of alkyl carbamates (subject to hydrolysis) is 1. The quantitative estimate of drug-likeness (QED) is 0.482. The van der Waals surface area contributed by atoms with Crippen LogP contribution in [0.2, 0.25) is 0 Å². The fraction of sp³-hybridized carbons (Fsp3) is 0.429. The third kappa shape index (κ3) is 7.31. The molecule has 0 aliphatic rings. The standard InChI is InChI=1S/C14H21N2O6P.ClH/c1-10(23(19,20)9-12(15)13(17)21-2)16-14(18)22-8-11-6-4-3-5-7-11;/h3-7,10,12H,8-9,15H2,1-2H3,(H,16,18)(H,19,20);1H. The lowest BCUT2D eigenvalue weighted by molar-refractivity contribution is -0.141. The molecule has 0 aromatic heterocycles. The molecule has 10 heteroatoms. The third-order valence-electron chi connectivity index (χ3n) is 3.11. The van der Waals surface area contributed by atoms with Gasteiger partial charge in [0.2, 0.25) is 7.37 Å². The number of methoxy groups -OCH3 is 1. The van der Waals surface area contributed by atoms with Crippen molar-refractivity contribution in [1.29, 1.82) is 0 Å². The Labute approximate surface area is 146 Å². The summed E-state index contributed by atoms with van der Waals surface area (Å²) in [6.07, 6.45) is -1.33. The highest BCUT2D eigenvalue weighted by molar-refractivity contribution is 7.58. The maximum Gasteiger partial charge on any atom is 0.408 e. The van der Waals surface area contributed by atoms with Crippen molar-refractivity contribution in [1.82, 2.24) is 5.32 Å². The third-order valence-corrected chi connectivity index (χ3v) is 5.36. The number of nitrogens with two attached hydrogens (primary N) is 1. The molecule has 0 aliphatic heterocycles.